The Labute approximate surface area is 125 Å². The van der Waals surface area contributed by atoms with Crippen molar-refractivity contribution in [2.24, 2.45) is 0 Å². The van der Waals surface area contributed by atoms with E-state index in [2.05, 4.69) is 5.32 Å². The number of rotatable bonds is 6. The van der Waals surface area contributed by atoms with Crippen LogP contribution in [0.15, 0.2) is 0 Å². The molecule has 3 heteroatoms. The number of nitrogens with one attached hydrogen (secondary N) is 1. The predicted molar refractivity (Wildman–Crippen MR) is 85.3 cm³/mol. The monoisotopic (exact) mass is 285 g/mol. The van der Waals surface area contributed by atoms with E-state index >= 15 is 0 Å². The molecule has 0 spiro atoms. The van der Waals surface area contributed by atoms with E-state index in [0.717, 1.165) is 6.54 Å². The maximum atomic E-state index is 5.43. The van der Waals surface area contributed by atoms with Crippen LogP contribution in [0.2, 0.25) is 0 Å². The molecule has 3 nitrogen and oxygen atoms in total. The van der Waals surface area contributed by atoms with Crippen LogP contribution in [-0.4, -0.2) is 39.5 Å². The molecule has 20 heavy (non-hydrogen) atoms. The van der Waals surface area contributed by atoms with Crippen LogP contribution < -0.4 is 5.32 Å². The van der Waals surface area contributed by atoms with Gasteiger partial charge < -0.3 is 14.8 Å². The first kappa shape index (κ1) is 17.9. The summed E-state index contributed by atoms with van der Waals surface area (Å²) in [6.07, 6.45) is 15.6. The van der Waals surface area contributed by atoms with Crippen LogP contribution >= 0.6 is 0 Å². The van der Waals surface area contributed by atoms with Gasteiger partial charge in [0.2, 0.25) is 0 Å². The molecule has 1 atom stereocenters. The van der Waals surface area contributed by atoms with E-state index in [0.29, 0.717) is 12.6 Å². The molecule has 1 unspecified atom stereocenters. The predicted octanol–water partition coefficient (Wildman–Crippen LogP) is 3.91. The van der Waals surface area contributed by atoms with Crippen LogP contribution in [0.4, 0.5) is 0 Å². The molecule has 1 fully saturated rings. The molecule has 1 aliphatic carbocycles. The van der Waals surface area contributed by atoms with Gasteiger partial charge in [0.25, 0.3) is 0 Å². The fourth-order valence-electron chi connectivity index (χ4n) is 3.06. The number of hydrogen-bond donors (Lipinski definition) is 1. The lowest BCUT2D eigenvalue weighted by Crippen LogP contribution is -2.38. The number of methoxy groups -OCH3 is 2. The minimum atomic E-state index is 0.182. The standard InChI is InChI=1S/C17H35NO2/c1-19-15-17(20-2)14-18-16-12-10-8-6-4-3-5-7-9-11-13-16/h16-18H,3-15H2,1-2H3. The molecule has 0 aromatic rings. The van der Waals surface area contributed by atoms with Gasteiger partial charge in [-0.05, 0) is 12.8 Å². The first-order chi connectivity index (χ1) is 9.86. The summed E-state index contributed by atoms with van der Waals surface area (Å²) in [4.78, 5) is 0. The van der Waals surface area contributed by atoms with Crippen LogP contribution in [0.1, 0.15) is 70.6 Å². The molecule has 1 rings (SSSR count). The number of hydrogen-bond acceptors (Lipinski definition) is 3. The van der Waals surface area contributed by atoms with Crippen LogP contribution in [0.3, 0.4) is 0 Å². The highest BCUT2D eigenvalue weighted by atomic mass is 16.5. The molecule has 120 valence electrons. The van der Waals surface area contributed by atoms with E-state index in [4.69, 9.17) is 9.47 Å². The molecule has 0 aromatic heterocycles. The Morgan fingerprint density at radius 1 is 0.850 bits per heavy atom. The molecule has 0 bridgehead atoms. The van der Waals surface area contributed by atoms with Gasteiger partial charge in [-0.15, -0.1) is 0 Å². The fourth-order valence-corrected chi connectivity index (χ4v) is 3.06. The van der Waals surface area contributed by atoms with Crippen LogP contribution in [-0.2, 0) is 9.47 Å². The van der Waals surface area contributed by atoms with Crippen molar-refractivity contribution in [1.29, 1.82) is 0 Å². The summed E-state index contributed by atoms with van der Waals surface area (Å²) in [5.41, 5.74) is 0. The lowest BCUT2D eigenvalue weighted by Gasteiger charge is -2.22. The molecule has 0 radical (unpaired) electrons. The van der Waals surface area contributed by atoms with Crippen molar-refractivity contribution in [3.63, 3.8) is 0 Å². The van der Waals surface area contributed by atoms with E-state index in [1.807, 2.05) is 0 Å². The van der Waals surface area contributed by atoms with Gasteiger partial charge in [0.05, 0.1) is 12.7 Å². The van der Waals surface area contributed by atoms with Crippen molar-refractivity contribution < 1.29 is 9.47 Å². The Bertz CT molecular complexity index is 199. The fraction of sp³-hybridized carbons (Fsp3) is 1.00. The second-order valence-electron chi connectivity index (χ2n) is 6.18. The molecule has 1 aliphatic rings. The Hall–Kier alpha value is -0.120. The Kier molecular flexibility index (Phi) is 11.3. The van der Waals surface area contributed by atoms with Crippen molar-refractivity contribution in [3.05, 3.63) is 0 Å². The largest absolute Gasteiger partial charge is 0.382 e. The van der Waals surface area contributed by atoms with Crippen LogP contribution in [0.25, 0.3) is 0 Å². The van der Waals surface area contributed by atoms with Gasteiger partial charge in [0.15, 0.2) is 0 Å². The molecular weight excluding hydrogens is 250 g/mol. The summed E-state index contributed by atoms with van der Waals surface area (Å²) in [7, 11) is 3.51. The average molecular weight is 285 g/mol. The molecule has 1 N–H and O–H groups in total. The van der Waals surface area contributed by atoms with E-state index in [-0.39, 0.29) is 6.10 Å². The van der Waals surface area contributed by atoms with Gasteiger partial charge in [-0.2, -0.15) is 0 Å². The topological polar surface area (TPSA) is 30.5 Å². The van der Waals surface area contributed by atoms with Gasteiger partial charge in [0, 0.05) is 26.8 Å². The Morgan fingerprint density at radius 3 is 1.80 bits per heavy atom. The highest BCUT2D eigenvalue weighted by Gasteiger charge is 2.12. The average Bonchev–Trinajstić information content (AvgIpc) is 2.45. The summed E-state index contributed by atoms with van der Waals surface area (Å²) in [6.45, 7) is 1.59. The second kappa shape index (κ2) is 12.6. The molecule has 0 heterocycles. The van der Waals surface area contributed by atoms with Crippen molar-refractivity contribution in [1.82, 2.24) is 5.32 Å². The highest BCUT2D eigenvalue weighted by Crippen LogP contribution is 2.17. The van der Waals surface area contributed by atoms with Crippen molar-refractivity contribution in [3.8, 4) is 0 Å². The molecule has 0 saturated heterocycles. The van der Waals surface area contributed by atoms with E-state index in [1.165, 1.54) is 70.6 Å². The summed E-state index contributed by atoms with van der Waals surface area (Å²) in [5.74, 6) is 0. The van der Waals surface area contributed by atoms with Crippen molar-refractivity contribution >= 4 is 0 Å². The lowest BCUT2D eigenvalue weighted by molar-refractivity contribution is 0.0269. The molecule has 0 aliphatic heterocycles. The normalized spacial score (nSPS) is 21.9. The third-order valence-corrected chi connectivity index (χ3v) is 4.43. The van der Waals surface area contributed by atoms with Gasteiger partial charge in [-0.3, -0.25) is 0 Å². The Morgan fingerprint density at radius 2 is 1.35 bits per heavy atom. The van der Waals surface area contributed by atoms with E-state index in [1.54, 1.807) is 14.2 Å². The van der Waals surface area contributed by atoms with Gasteiger partial charge >= 0.3 is 0 Å². The Balaban J connectivity index is 2.26. The lowest BCUT2D eigenvalue weighted by atomic mass is 9.98. The maximum Gasteiger partial charge on any atom is 0.0928 e. The molecule has 0 aromatic carbocycles. The first-order valence-corrected chi connectivity index (χ1v) is 8.62. The maximum absolute atomic E-state index is 5.43. The zero-order chi connectivity index (χ0) is 14.5. The van der Waals surface area contributed by atoms with E-state index < -0.39 is 0 Å². The quantitative estimate of drug-likeness (QED) is 0.802. The van der Waals surface area contributed by atoms with Gasteiger partial charge in [0.1, 0.15) is 0 Å². The summed E-state index contributed by atoms with van der Waals surface area (Å²) >= 11 is 0. The van der Waals surface area contributed by atoms with Gasteiger partial charge in [-0.25, -0.2) is 0 Å². The second-order valence-corrected chi connectivity index (χ2v) is 6.18. The van der Waals surface area contributed by atoms with Crippen molar-refractivity contribution in [2.75, 3.05) is 27.4 Å². The summed E-state index contributed by atoms with van der Waals surface area (Å²) in [6, 6.07) is 0.670. The summed E-state index contributed by atoms with van der Waals surface area (Å²) < 4.78 is 10.6. The highest BCUT2D eigenvalue weighted by molar-refractivity contribution is 4.71. The molecule has 1 saturated carbocycles. The molecular formula is C17H35NO2. The minimum absolute atomic E-state index is 0.182. The zero-order valence-corrected chi connectivity index (χ0v) is 13.7. The van der Waals surface area contributed by atoms with Crippen LogP contribution in [0.5, 0.6) is 0 Å². The zero-order valence-electron chi connectivity index (χ0n) is 13.7. The third kappa shape index (κ3) is 8.93. The van der Waals surface area contributed by atoms with Gasteiger partial charge in [-0.1, -0.05) is 57.8 Å². The van der Waals surface area contributed by atoms with Crippen molar-refractivity contribution in [2.45, 2.75) is 82.8 Å². The smallest absolute Gasteiger partial charge is 0.0928 e. The third-order valence-electron chi connectivity index (χ3n) is 4.43. The minimum Gasteiger partial charge on any atom is -0.382 e. The number of ether oxygens (including phenoxy) is 2. The van der Waals surface area contributed by atoms with E-state index in [9.17, 15) is 0 Å². The molecule has 0 amide bonds. The SMILES string of the molecule is COCC(CNC1CCCCCCCCCCC1)OC. The van der Waals surface area contributed by atoms with Crippen LogP contribution in [0, 0.1) is 0 Å². The summed E-state index contributed by atoms with van der Waals surface area (Å²) in [5, 5.41) is 3.70. The first-order valence-electron chi connectivity index (χ1n) is 8.62.